The number of benzene rings is 1. The Morgan fingerprint density at radius 3 is 2.33 bits per heavy atom. The molecule has 2 unspecified atom stereocenters. The van der Waals surface area contributed by atoms with Crippen LogP contribution in [0.25, 0.3) is 0 Å². The molecule has 1 aromatic carbocycles. The van der Waals surface area contributed by atoms with Crippen molar-refractivity contribution in [3.05, 3.63) is 29.6 Å². The van der Waals surface area contributed by atoms with Gasteiger partial charge in [0.1, 0.15) is 5.82 Å². The first-order chi connectivity index (χ1) is 12.6. The lowest BCUT2D eigenvalue weighted by molar-refractivity contribution is -0.113. The molecule has 2 N–H and O–H groups in total. The molecule has 4 fully saturated rings. The van der Waals surface area contributed by atoms with Gasteiger partial charge in [-0.25, -0.2) is 14.0 Å². The number of urea groups is 1. The van der Waals surface area contributed by atoms with Crippen LogP contribution in [0.5, 0.6) is 0 Å². The molecule has 0 saturated heterocycles. The summed E-state index contributed by atoms with van der Waals surface area (Å²) in [6.45, 7) is 4.69. The van der Waals surface area contributed by atoms with Crippen LogP contribution in [-0.2, 0) is 4.74 Å². The smallest absolute Gasteiger partial charge is 0.337 e. The van der Waals surface area contributed by atoms with Crippen molar-refractivity contribution in [3.63, 3.8) is 0 Å². The van der Waals surface area contributed by atoms with E-state index in [4.69, 9.17) is 0 Å². The fourth-order valence-corrected chi connectivity index (χ4v) is 6.84. The highest BCUT2D eigenvalue weighted by Crippen LogP contribution is 2.66. The molecular weight excluding hydrogens is 347 g/mol. The van der Waals surface area contributed by atoms with E-state index < -0.39 is 11.8 Å². The van der Waals surface area contributed by atoms with Crippen LogP contribution in [0.1, 0.15) is 62.7 Å². The maximum Gasteiger partial charge on any atom is 0.337 e. The van der Waals surface area contributed by atoms with Gasteiger partial charge in [-0.05, 0) is 73.5 Å². The van der Waals surface area contributed by atoms with Crippen molar-refractivity contribution in [1.29, 1.82) is 0 Å². The highest BCUT2D eigenvalue weighted by molar-refractivity contribution is 5.92. The van der Waals surface area contributed by atoms with Gasteiger partial charge in [0, 0.05) is 5.54 Å². The van der Waals surface area contributed by atoms with Crippen LogP contribution in [0.3, 0.4) is 0 Å². The van der Waals surface area contributed by atoms with Gasteiger partial charge in [0.15, 0.2) is 0 Å². The van der Waals surface area contributed by atoms with Crippen molar-refractivity contribution in [3.8, 4) is 0 Å². The van der Waals surface area contributed by atoms with Crippen LogP contribution < -0.4 is 10.6 Å². The summed E-state index contributed by atoms with van der Waals surface area (Å²) in [5.41, 5.74) is 0.546. The molecule has 2 amide bonds. The minimum absolute atomic E-state index is 0.0577. The van der Waals surface area contributed by atoms with Crippen LogP contribution in [-0.4, -0.2) is 24.6 Å². The molecule has 146 valence electrons. The molecule has 4 atom stereocenters. The van der Waals surface area contributed by atoms with E-state index in [9.17, 15) is 14.0 Å². The van der Waals surface area contributed by atoms with Crippen LogP contribution in [0.15, 0.2) is 18.2 Å². The van der Waals surface area contributed by atoms with Gasteiger partial charge in [-0.2, -0.15) is 0 Å². The molecular formula is C21H27FN2O3. The Hall–Kier alpha value is -2.11. The van der Waals surface area contributed by atoms with E-state index in [1.54, 1.807) is 0 Å². The largest absolute Gasteiger partial charge is 0.465 e. The molecule has 1 aromatic rings. The van der Waals surface area contributed by atoms with Crippen LogP contribution in [0.2, 0.25) is 0 Å². The number of amides is 2. The number of esters is 1. The molecule has 0 aliphatic heterocycles. The van der Waals surface area contributed by atoms with E-state index in [0.717, 1.165) is 25.3 Å². The number of carbonyl (C=O) groups is 2. The normalized spacial score (nSPS) is 36.4. The van der Waals surface area contributed by atoms with Crippen LogP contribution in [0.4, 0.5) is 14.9 Å². The molecule has 5 rings (SSSR count). The lowest BCUT2D eigenvalue weighted by Gasteiger charge is -2.65. The fraction of sp³-hybridized carbons (Fsp3) is 0.619. The first-order valence-electron chi connectivity index (χ1n) is 9.60. The van der Waals surface area contributed by atoms with E-state index in [1.165, 1.54) is 38.5 Å². The lowest BCUT2D eigenvalue weighted by atomic mass is 9.43. The summed E-state index contributed by atoms with van der Waals surface area (Å²) in [6, 6.07) is 3.53. The van der Waals surface area contributed by atoms with Gasteiger partial charge < -0.3 is 15.4 Å². The highest BCUT2D eigenvalue weighted by atomic mass is 19.1. The second-order valence-electron chi connectivity index (χ2n) is 9.68. The lowest BCUT2D eigenvalue weighted by Crippen LogP contribution is -2.65. The first-order valence-corrected chi connectivity index (χ1v) is 9.60. The minimum Gasteiger partial charge on any atom is -0.465 e. The number of ether oxygens (including phenoxy) is 1. The first kappa shape index (κ1) is 18.3. The topological polar surface area (TPSA) is 67.4 Å². The number of hydrogen-bond donors (Lipinski definition) is 2. The molecule has 0 radical (unpaired) electrons. The summed E-state index contributed by atoms with van der Waals surface area (Å²) in [7, 11) is 1.24. The quantitative estimate of drug-likeness (QED) is 0.767. The average Bonchev–Trinajstić information content (AvgIpc) is 2.52. The van der Waals surface area contributed by atoms with Gasteiger partial charge in [0.2, 0.25) is 0 Å². The van der Waals surface area contributed by atoms with E-state index >= 15 is 0 Å². The van der Waals surface area contributed by atoms with Gasteiger partial charge in [-0.3, -0.25) is 0 Å². The fourth-order valence-electron chi connectivity index (χ4n) is 6.84. The van der Waals surface area contributed by atoms with E-state index in [2.05, 4.69) is 29.2 Å². The molecule has 4 aliphatic rings. The summed E-state index contributed by atoms with van der Waals surface area (Å²) in [5, 5.41) is 5.81. The summed E-state index contributed by atoms with van der Waals surface area (Å²) < 4.78 is 18.9. The Morgan fingerprint density at radius 2 is 1.78 bits per heavy atom. The van der Waals surface area contributed by atoms with Gasteiger partial charge in [0.05, 0.1) is 18.4 Å². The van der Waals surface area contributed by atoms with Crippen LogP contribution in [0, 0.1) is 22.6 Å². The van der Waals surface area contributed by atoms with Gasteiger partial charge in [-0.15, -0.1) is 0 Å². The Kier molecular flexibility index (Phi) is 4.02. The predicted octanol–water partition coefficient (Wildman–Crippen LogP) is 4.48. The monoisotopic (exact) mass is 374 g/mol. The summed E-state index contributed by atoms with van der Waals surface area (Å²) >= 11 is 0. The standard InChI is InChI=1S/C21H27FN2O3/c1-19-7-13-8-20(2,10-19)12-21(9-13,11-19)24-18(26)23-16-5-4-14(6-15(16)22)17(25)27-3/h4-6,13H,7-12H2,1-3H3,(H2,23,24,26)/t13?,19-,20+,21?. The van der Waals surface area contributed by atoms with Crippen LogP contribution >= 0.6 is 0 Å². The summed E-state index contributed by atoms with van der Waals surface area (Å²) in [5.74, 6) is -0.606. The molecule has 6 heteroatoms. The summed E-state index contributed by atoms with van der Waals surface area (Å²) in [6.07, 6.45) is 6.71. The Bertz CT molecular complexity index is 791. The predicted molar refractivity (Wildman–Crippen MR) is 100 cm³/mol. The van der Waals surface area contributed by atoms with E-state index in [1.807, 2.05) is 0 Å². The Morgan fingerprint density at radius 1 is 1.11 bits per heavy atom. The third-order valence-electron chi connectivity index (χ3n) is 6.64. The Balaban J connectivity index is 1.48. The van der Waals surface area contributed by atoms with E-state index in [0.29, 0.717) is 5.92 Å². The van der Waals surface area contributed by atoms with Gasteiger partial charge in [-0.1, -0.05) is 13.8 Å². The summed E-state index contributed by atoms with van der Waals surface area (Å²) in [4.78, 5) is 24.1. The molecule has 5 nitrogen and oxygen atoms in total. The average molecular weight is 374 g/mol. The number of hydrogen-bond acceptors (Lipinski definition) is 3. The zero-order valence-electron chi connectivity index (χ0n) is 16.2. The minimum atomic E-state index is -0.655. The highest BCUT2D eigenvalue weighted by Gasteiger charge is 2.60. The number of rotatable bonds is 3. The van der Waals surface area contributed by atoms with Crippen molar-refractivity contribution < 1.29 is 18.7 Å². The van der Waals surface area contributed by atoms with Gasteiger partial charge >= 0.3 is 12.0 Å². The maximum atomic E-state index is 14.3. The second kappa shape index (κ2) is 5.94. The molecule has 27 heavy (non-hydrogen) atoms. The molecule has 0 heterocycles. The molecule has 0 aromatic heterocycles. The molecule has 4 bridgehead atoms. The van der Waals surface area contributed by atoms with Gasteiger partial charge in [0.25, 0.3) is 0 Å². The van der Waals surface area contributed by atoms with Crippen molar-refractivity contribution in [1.82, 2.24) is 5.32 Å². The SMILES string of the molecule is COC(=O)c1ccc(NC(=O)NC23CC4C[C@@](C)(C2)C[C@](C)(C4)C3)c(F)c1. The number of nitrogens with one attached hydrogen (secondary N) is 2. The van der Waals surface area contributed by atoms with E-state index in [-0.39, 0.29) is 33.7 Å². The zero-order chi connectivity index (χ0) is 19.4. The van der Waals surface area contributed by atoms with Crippen molar-refractivity contribution in [2.75, 3.05) is 12.4 Å². The number of anilines is 1. The maximum absolute atomic E-state index is 14.3. The molecule has 4 aliphatic carbocycles. The van der Waals surface area contributed by atoms with Crippen molar-refractivity contribution in [2.24, 2.45) is 16.7 Å². The molecule has 0 spiro atoms. The zero-order valence-corrected chi connectivity index (χ0v) is 16.2. The van der Waals surface area contributed by atoms with Crippen molar-refractivity contribution >= 4 is 17.7 Å². The number of methoxy groups -OCH3 is 1. The number of carbonyl (C=O) groups excluding carboxylic acids is 2. The third kappa shape index (κ3) is 3.30. The van der Waals surface area contributed by atoms with Crippen molar-refractivity contribution in [2.45, 2.75) is 57.9 Å². The third-order valence-corrected chi connectivity index (χ3v) is 6.64. The molecule has 4 saturated carbocycles. The second-order valence-corrected chi connectivity index (χ2v) is 9.68. The Labute approximate surface area is 159 Å². The number of halogens is 1.